The molecular weight excluding hydrogens is 184 g/mol. The number of aryl methyl sites for hydroxylation is 3. The SMILES string of the molecule is CC.CC.CCc1cc(C)c(O)c(C)c1. The van der Waals surface area contributed by atoms with E-state index in [2.05, 4.69) is 6.92 Å². The molecule has 0 saturated carbocycles. The molecule has 1 rings (SSSR count). The zero-order valence-corrected chi connectivity index (χ0v) is 11.3. The molecule has 1 N–H and O–H groups in total. The number of hydrogen-bond donors (Lipinski definition) is 1. The lowest BCUT2D eigenvalue weighted by molar-refractivity contribution is 0.466. The lowest BCUT2D eigenvalue weighted by Gasteiger charge is -2.05. The Kier molecular flexibility index (Phi) is 10.5. The van der Waals surface area contributed by atoms with Crippen molar-refractivity contribution in [3.8, 4) is 5.75 Å². The van der Waals surface area contributed by atoms with Crippen LogP contribution in [0.25, 0.3) is 0 Å². The van der Waals surface area contributed by atoms with Crippen LogP contribution in [0.1, 0.15) is 51.3 Å². The van der Waals surface area contributed by atoms with Crippen molar-refractivity contribution in [3.05, 3.63) is 28.8 Å². The predicted molar refractivity (Wildman–Crippen MR) is 69.7 cm³/mol. The van der Waals surface area contributed by atoms with Gasteiger partial charge in [0.25, 0.3) is 0 Å². The topological polar surface area (TPSA) is 20.2 Å². The van der Waals surface area contributed by atoms with Crippen LogP contribution in [0, 0.1) is 13.8 Å². The summed E-state index contributed by atoms with van der Waals surface area (Å²) in [7, 11) is 0. The summed E-state index contributed by atoms with van der Waals surface area (Å²) < 4.78 is 0. The molecule has 0 aromatic heterocycles. The summed E-state index contributed by atoms with van der Waals surface area (Å²) >= 11 is 0. The minimum Gasteiger partial charge on any atom is -0.507 e. The molecule has 0 spiro atoms. The summed E-state index contributed by atoms with van der Waals surface area (Å²) in [6.45, 7) is 14.0. The number of phenolic OH excluding ortho intramolecular Hbond substituents is 1. The van der Waals surface area contributed by atoms with Gasteiger partial charge in [-0.1, -0.05) is 46.8 Å². The smallest absolute Gasteiger partial charge is 0.121 e. The van der Waals surface area contributed by atoms with E-state index in [9.17, 15) is 5.11 Å². The third kappa shape index (κ3) is 5.46. The highest BCUT2D eigenvalue weighted by Gasteiger charge is 2.00. The maximum atomic E-state index is 9.43. The maximum Gasteiger partial charge on any atom is 0.121 e. The Bertz CT molecular complexity index is 241. The van der Waals surface area contributed by atoms with Crippen LogP contribution < -0.4 is 0 Å². The molecule has 1 heteroatoms. The van der Waals surface area contributed by atoms with Crippen LogP contribution in [0.15, 0.2) is 12.1 Å². The fraction of sp³-hybridized carbons (Fsp3) is 0.571. The van der Waals surface area contributed by atoms with Crippen molar-refractivity contribution in [3.63, 3.8) is 0 Å². The largest absolute Gasteiger partial charge is 0.507 e. The Morgan fingerprint density at radius 2 is 1.27 bits per heavy atom. The molecule has 88 valence electrons. The highest BCUT2D eigenvalue weighted by atomic mass is 16.3. The van der Waals surface area contributed by atoms with E-state index >= 15 is 0 Å². The second-order valence-electron chi connectivity index (χ2n) is 2.93. The zero-order valence-electron chi connectivity index (χ0n) is 11.3. The first-order chi connectivity index (χ1) is 7.15. The van der Waals surface area contributed by atoms with E-state index in [0.29, 0.717) is 5.75 Å². The van der Waals surface area contributed by atoms with E-state index < -0.39 is 0 Å². The average Bonchev–Trinajstić information content (AvgIpc) is 2.30. The van der Waals surface area contributed by atoms with Gasteiger partial charge in [-0.3, -0.25) is 0 Å². The lowest BCUT2D eigenvalue weighted by atomic mass is 10.0. The van der Waals surface area contributed by atoms with Crippen LogP contribution in [0.2, 0.25) is 0 Å². The molecule has 15 heavy (non-hydrogen) atoms. The number of hydrogen-bond acceptors (Lipinski definition) is 1. The Balaban J connectivity index is 0. The van der Waals surface area contributed by atoms with Crippen molar-refractivity contribution in [1.82, 2.24) is 0 Å². The summed E-state index contributed by atoms with van der Waals surface area (Å²) in [5.74, 6) is 0.433. The van der Waals surface area contributed by atoms with Gasteiger partial charge >= 0.3 is 0 Å². The van der Waals surface area contributed by atoms with Gasteiger partial charge in [0.1, 0.15) is 5.75 Å². The quantitative estimate of drug-likeness (QED) is 0.717. The molecule has 0 saturated heterocycles. The average molecular weight is 210 g/mol. The van der Waals surface area contributed by atoms with Crippen LogP contribution in [-0.4, -0.2) is 5.11 Å². The molecule has 0 heterocycles. The Morgan fingerprint density at radius 3 is 1.53 bits per heavy atom. The summed E-state index contributed by atoms with van der Waals surface area (Å²) in [4.78, 5) is 0. The van der Waals surface area contributed by atoms with Crippen molar-refractivity contribution in [1.29, 1.82) is 0 Å². The molecule has 0 aliphatic rings. The summed E-state index contributed by atoms with van der Waals surface area (Å²) in [6.07, 6.45) is 1.03. The number of phenols is 1. The minimum atomic E-state index is 0.433. The van der Waals surface area contributed by atoms with Gasteiger partial charge < -0.3 is 5.11 Å². The Hall–Kier alpha value is -0.980. The van der Waals surface area contributed by atoms with Gasteiger partial charge in [-0.05, 0) is 37.0 Å². The molecule has 1 aromatic rings. The van der Waals surface area contributed by atoms with Crippen LogP contribution in [0.4, 0.5) is 0 Å². The molecule has 0 bridgehead atoms. The molecule has 1 aromatic carbocycles. The third-order valence-corrected chi connectivity index (χ3v) is 1.96. The standard InChI is InChI=1S/C10H14O.2C2H6/c1-4-9-5-7(2)10(11)8(3)6-9;2*1-2/h5-6,11H,4H2,1-3H3;2*1-2H3. The molecule has 0 unspecified atom stereocenters. The van der Waals surface area contributed by atoms with Crippen molar-refractivity contribution in [2.24, 2.45) is 0 Å². The predicted octanol–water partition coefficient (Wildman–Crippen LogP) is 4.62. The number of benzene rings is 1. The Morgan fingerprint density at radius 1 is 0.933 bits per heavy atom. The summed E-state index contributed by atoms with van der Waals surface area (Å²) in [6, 6.07) is 4.06. The second kappa shape index (κ2) is 9.57. The number of aromatic hydroxyl groups is 1. The number of rotatable bonds is 1. The first kappa shape index (κ1) is 16.4. The molecule has 0 aliphatic carbocycles. The summed E-state index contributed by atoms with van der Waals surface area (Å²) in [5, 5.41) is 9.43. The molecule has 0 radical (unpaired) electrons. The molecule has 0 aliphatic heterocycles. The van der Waals surface area contributed by atoms with Gasteiger partial charge in [-0.2, -0.15) is 0 Å². The van der Waals surface area contributed by atoms with Crippen LogP contribution in [0.3, 0.4) is 0 Å². The second-order valence-corrected chi connectivity index (χ2v) is 2.93. The van der Waals surface area contributed by atoms with Gasteiger partial charge in [0, 0.05) is 0 Å². The highest BCUT2D eigenvalue weighted by Crippen LogP contribution is 2.22. The first-order valence-corrected chi connectivity index (χ1v) is 5.94. The molecule has 0 atom stereocenters. The minimum absolute atomic E-state index is 0.433. The van der Waals surface area contributed by atoms with E-state index in [4.69, 9.17) is 0 Å². The van der Waals surface area contributed by atoms with Gasteiger partial charge in [0.2, 0.25) is 0 Å². The van der Waals surface area contributed by atoms with Crippen LogP contribution in [0.5, 0.6) is 5.75 Å². The fourth-order valence-corrected chi connectivity index (χ4v) is 1.25. The monoisotopic (exact) mass is 210 g/mol. The van der Waals surface area contributed by atoms with Crippen LogP contribution >= 0.6 is 0 Å². The third-order valence-electron chi connectivity index (χ3n) is 1.96. The first-order valence-electron chi connectivity index (χ1n) is 5.94. The highest BCUT2D eigenvalue weighted by molar-refractivity contribution is 5.41. The van der Waals surface area contributed by atoms with E-state index in [1.807, 2.05) is 53.7 Å². The fourth-order valence-electron chi connectivity index (χ4n) is 1.25. The van der Waals surface area contributed by atoms with Gasteiger partial charge in [0.15, 0.2) is 0 Å². The van der Waals surface area contributed by atoms with Crippen molar-refractivity contribution in [2.45, 2.75) is 54.9 Å². The lowest BCUT2D eigenvalue weighted by Crippen LogP contribution is -1.85. The van der Waals surface area contributed by atoms with E-state index in [-0.39, 0.29) is 0 Å². The maximum absolute atomic E-state index is 9.43. The van der Waals surface area contributed by atoms with E-state index in [0.717, 1.165) is 17.5 Å². The molecule has 0 fully saturated rings. The van der Waals surface area contributed by atoms with Crippen molar-refractivity contribution >= 4 is 0 Å². The van der Waals surface area contributed by atoms with Gasteiger partial charge in [-0.25, -0.2) is 0 Å². The van der Waals surface area contributed by atoms with Crippen molar-refractivity contribution < 1.29 is 5.11 Å². The zero-order chi connectivity index (χ0) is 12.4. The molecule has 1 nitrogen and oxygen atoms in total. The van der Waals surface area contributed by atoms with E-state index in [1.54, 1.807) is 0 Å². The van der Waals surface area contributed by atoms with Gasteiger partial charge in [0.05, 0.1) is 0 Å². The molecule has 0 amide bonds. The molecular formula is C14H26O. The normalized spacial score (nSPS) is 8.20. The van der Waals surface area contributed by atoms with Crippen molar-refractivity contribution in [2.75, 3.05) is 0 Å². The summed E-state index contributed by atoms with van der Waals surface area (Å²) in [5.41, 5.74) is 3.24. The van der Waals surface area contributed by atoms with Gasteiger partial charge in [-0.15, -0.1) is 0 Å². The van der Waals surface area contributed by atoms with Crippen LogP contribution in [-0.2, 0) is 6.42 Å². The van der Waals surface area contributed by atoms with E-state index in [1.165, 1.54) is 5.56 Å². The Labute approximate surface area is 95.2 Å².